The van der Waals surface area contributed by atoms with Crippen LogP contribution in [0.2, 0.25) is 0 Å². The van der Waals surface area contributed by atoms with E-state index in [2.05, 4.69) is 0 Å². The molecule has 6 heteroatoms. The largest absolute Gasteiger partial charge is 0.506 e. The lowest BCUT2D eigenvalue weighted by molar-refractivity contribution is -0.0577. The minimum Gasteiger partial charge on any atom is -0.506 e. The van der Waals surface area contributed by atoms with Gasteiger partial charge >= 0.3 is 0 Å². The van der Waals surface area contributed by atoms with Gasteiger partial charge in [0.15, 0.2) is 6.29 Å². The molecule has 15 heavy (non-hydrogen) atoms. The maximum Gasteiger partial charge on any atom is 0.167 e. The van der Waals surface area contributed by atoms with E-state index in [0.717, 1.165) is 12.7 Å². The van der Waals surface area contributed by atoms with Gasteiger partial charge in [-0.2, -0.15) is 0 Å². The number of benzene rings is 1. The summed E-state index contributed by atoms with van der Waals surface area (Å²) in [6.07, 6.45) is -1.15. The zero-order valence-corrected chi connectivity index (χ0v) is 12.0. The van der Waals surface area contributed by atoms with Crippen LogP contribution in [0, 0.1) is 7.14 Å². The Bertz CT molecular complexity index is 334. The number of phenols is 1. The van der Waals surface area contributed by atoms with Crippen molar-refractivity contribution in [1.82, 2.24) is 0 Å². The van der Waals surface area contributed by atoms with Gasteiger partial charge in [0.05, 0.1) is 13.2 Å². The standard InChI is InChI=1S/C9H11I2NO3/c10-5-1-4(2-6(11)8(5)13)3-7(12)9(14)15/h1-2,7,9,13-15H,3,12H2. The average Bonchev–Trinajstić information content (AvgIpc) is 2.13. The molecule has 0 spiro atoms. The molecule has 0 amide bonds. The molecule has 0 heterocycles. The molecule has 1 atom stereocenters. The molecular weight excluding hydrogens is 424 g/mol. The SMILES string of the molecule is NC(Cc1cc(I)c(O)c(I)c1)C(O)O. The Hall–Kier alpha value is 0.360. The van der Waals surface area contributed by atoms with Gasteiger partial charge in [0, 0.05) is 0 Å². The van der Waals surface area contributed by atoms with E-state index < -0.39 is 12.3 Å². The summed E-state index contributed by atoms with van der Waals surface area (Å²) in [5, 5.41) is 27.2. The van der Waals surface area contributed by atoms with E-state index in [4.69, 9.17) is 15.9 Å². The van der Waals surface area contributed by atoms with Crippen LogP contribution in [0.5, 0.6) is 5.75 Å². The second-order valence-electron chi connectivity index (χ2n) is 3.19. The summed E-state index contributed by atoms with van der Waals surface area (Å²) in [6.45, 7) is 0. The van der Waals surface area contributed by atoms with Crippen LogP contribution in [0.25, 0.3) is 0 Å². The highest BCUT2D eigenvalue weighted by molar-refractivity contribution is 14.1. The van der Waals surface area contributed by atoms with E-state index in [1.165, 1.54) is 0 Å². The topological polar surface area (TPSA) is 86.7 Å². The molecule has 0 bridgehead atoms. The smallest absolute Gasteiger partial charge is 0.167 e. The molecule has 84 valence electrons. The molecule has 0 saturated heterocycles. The van der Waals surface area contributed by atoms with E-state index in [9.17, 15) is 5.11 Å². The summed E-state index contributed by atoms with van der Waals surface area (Å²) in [5.41, 5.74) is 6.40. The van der Waals surface area contributed by atoms with Crippen molar-refractivity contribution in [2.24, 2.45) is 5.73 Å². The molecule has 0 aliphatic heterocycles. The first-order valence-electron chi connectivity index (χ1n) is 4.20. The monoisotopic (exact) mass is 435 g/mol. The van der Waals surface area contributed by atoms with Gasteiger partial charge in [0.2, 0.25) is 0 Å². The minimum absolute atomic E-state index is 0.248. The fourth-order valence-electron chi connectivity index (χ4n) is 1.11. The van der Waals surface area contributed by atoms with Gasteiger partial charge in [-0.1, -0.05) is 0 Å². The van der Waals surface area contributed by atoms with Gasteiger partial charge < -0.3 is 21.1 Å². The van der Waals surface area contributed by atoms with Crippen LogP contribution in [0.3, 0.4) is 0 Å². The molecule has 0 aromatic heterocycles. The van der Waals surface area contributed by atoms with Crippen molar-refractivity contribution in [3.05, 3.63) is 24.8 Å². The number of phenolic OH excluding ortho intramolecular Hbond substituents is 1. The summed E-state index contributed by atoms with van der Waals surface area (Å²) >= 11 is 4.04. The highest BCUT2D eigenvalue weighted by atomic mass is 127. The fraction of sp³-hybridized carbons (Fsp3) is 0.333. The number of aromatic hydroxyl groups is 1. The van der Waals surface area contributed by atoms with E-state index >= 15 is 0 Å². The van der Waals surface area contributed by atoms with Gasteiger partial charge in [0.1, 0.15) is 5.75 Å². The van der Waals surface area contributed by atoms with E-state index in [1.807, 2.05) is 45.2 Å². The number of hydrogen-bond acceptors (Lipinski definition) is 4. The van der Waals surface area contributed by atoms with Gasteiger partial charge in [-0.25, -0.2) is 0 Å². The molecule has 0 aliphatic rings. The Balaban J connectivity index is 2.88. The molecule has 0 saturated carbocycles. The lowest BCUT2D eigenvalue weighted by Gasteiger charge is -2.14. The number of nitrogens with two attached hydrogens (primary N) is 1. The number of hydrogen-bond donors (Lipinski definition) is 4. The highest BCUT2D eigenvalue weighted by Gasteiger charge is 2.13. The maximum atomic E-state index is 9.53. The van der Waals surface area contributed by atoms with Crippen molar-refractivity contribution in [3.63, 3.8) is 0 Å². The molecule has 1 aromatic carbocycles. The van der Waals surface area contributed by atoms with E-state index in [0.29, 0.717) is 6.42 Å². The zero-order valence-electron chi connectivity index (χ0n) is 7.69. The fourth-order valence-corrected chi connectivity index (χ4v) is 3.01. The predicted molar refractivity (Wildman–Crippen MR) is 73.4 cm³/mol. The normalized spacial score (nSPS) is 13.2. The van der Waals surface area contributed by atoms with Crippen LogP contribution < -0.4 is 5.73 Å². The minimum atomic E-state index is -1.52. The maximum absolute atomic E-state index is 9.53. The second-order valence-corrected chi connectivity index (χ2v) is 5.51. The molecule has 4 nitrogen and oxygen atoms in total. The number of halogens is 2. The van der Waals surface area contributed by atoms with Crippen molar-refractivity contribution in [2.45, 2.75) is 18.8 Å². The van der Waals surface area contributed by atoms with E-state index in [1.54, 1.807) is 12.1 Å². The quantitative estimate of drug-likeness (QED) is 0.418. The van der Waals surface area contributed by atoms with Crippen molar-refractivity contribution in [2.75, 3.05) is 0 Å². The first kappa shape index (κ1) is 13.4. The Kier molecular flexibility index (Phi) is 5.03. The van der Waals surface area contributed by atoms with E-state index in [-0.39, 0.29) is 5.75 Å². The molecule has 0 aliphatic carbocycles. The molecule has 0 fully saturated rings. The van der Waals surface area contributed by atoms with Crippen LogP contribution in [-0.4, -0.2) is 27.7 Å². The van der Waals surface area contributed by atoms with Crippen molar-refractivity contribution in [1.29, 1.82) is 0 Å². The molecule has 1 aromatic rings. The first-order chi connectivity index (χ1) is 6.91. The van der Waals surface area contributed by atoms with Gasteiger partial charge in [-0.15, -0.1) is 0 Å². The lowest BCUT2D eigenvalue weighted by atomic mass is 10.1. The van der Waals surface area contributed by atoms with Crippen LogP contribution in [0.1, 0.15) is 5.56 Å². The third-order valence-corrected chi connectivity index (χ3v) is 3.58. The molecule has 1 rings (SSSR count). The average molecular weight is 435 g/mol. The van der Waals surface area contributed by atoms with Gasteiger partial charge in [-0.3, -0.25) is 0 Å². The number of aliphatic hydroxyl groups excluding tert-OH is 1. The Morgan fingerprint density at radius 2 is 1.67 bits per heavy atom. The summed E-state index contributed by atoms with van der Waals surface area (Å²) < 4.78 is 1.46. The summed E-state index contributed by atoms with van der Waals surface area (Å²) in [7, 11) is 0. The number of aliphatic hydroxyl groups is 2. The lowest BCUT2D eigenvalue weighted by Crippen LogP contribution is -2.36. The van der Waals surface area contributed by atoms with Gasteiger partial charge in [-0.05, 0) is 69.3 Å². The van der Waals surface area contributed by atoms with Crippen LogP contribution in [0.4, 0.5) is 0 Å². The molecular formula is C9H11I2NO3. The Morgan fingerprint density at radius 3 is 2.07 bits per heavy atom. The van der Waals surface area contributed by atoms with Crippen LogP contribution in [0.15, 0.2) is 12.1 Å². The second kappa shape index (κ2) is 5.62. The third-order valence-electron chi connectivity index (χ3n) is 1.93. The first-order valence-corrected chi connectivity index (χ1v) is 6.36. The predicted octanol–water partition coefficient (Wildman–Crippen LogP) is 0.782. The number of rotatable bonds is 3. The summed E-state index contributed by atoms with van der Waals surface area (Å²) in [5.74, 6) is 0.248. The molecule has 0 radical (unpaired) electrons. The van der Waals surface area contributed by atoms with Crippen LogP contribution >= 0.6 is 45.2 Å². The highest BCUT2D eigenvalue weighted by Crippen LogP contribution is 2.27. The van der Waals surface area contributed by atoms with Gasteiger partial charge in [0.25, 0.3) is 0 Å². The van der Waals surface area contributed by atoms with Crippen molar-refractivity contribution in [3.8, 4) is 5.75 Å². The molecule has 5 N–H and O–H groups in total. The zero-order chi connectivity index (χ0) is 11.6. The third kappa shape index (κ3) is 3.70. The summed E-state index contributed by atoms with van der Waals surface area (Å²) in [4.78, 5) is 0. The van der Waals surface area contributed by atoms with Crippen molar-refractivity contribution >= 4 is 45.2 Å². The van der Waals surface area contributed by atoms with Crippen molar-refractivity contribution < 1.29 is 15.3 Å². The van der Waals surface area contributed by atoms with Crippen LogP contribution in [-0.2, 0) is 6.42 Å². The summed E-state index contributed by atoms with van der Waals surface area (Å²) in [6, 6.07) is 2.85. The molecule has 1 unspecified atom stereocenters. The Labute approximate surface area is 115 Å². The Morgan fingerprint density at radius 1 is 1.20 bits per heavy atom.